The number of alkyl halides is 2. The zero-order valence-corrected chi connectivity index (χ0v) is 23.7. The van der Waals surface area contributed by atoms with Crippen LogP contribution in [0.2, 0.25) is 0 Å². The first-order chi connectivity index (χ1) is 20.6. The van der Waals surface area contributed by atoms with E-state index in [1.807, 2.05) is 12.1 Å². The molecule has 12 heteroatoms. The molecule has 3 heterocycles. The Labute approximate surface area is 249 Å². The summed E-state index contributed by atoms with van der Waals surface area (Å²) in [7, 11) is 0. The van der Waals surface area contributed by atoms with Crippen molar-refractivity contribution in [1.29, 1.82) is 0 Å². The first kappa shape index (κ1) is 28.4. The molecular formula is C31H26F2N4O5S. The SMILES string of the molecule is Cc1c(C(=O)NCc2cnc(-c3ccc(CN4CC(F)(F)C[C@H]4C(=O)O)cc3)s2)ccc2c1NC(=O)c1ccccc1O2. The van der Waals surface area contributed by atoms with Gasteiger partial charge in [-0.3, -0.25) is 19.3 Å². The molecule has 1 aromatic heterocycles. The van der Waals surface area contributed by atoms with E-state index in [0.717, 1.165) is 16.0 Å². The van der Waals surface area contributed by atoms with Crippen molar-refractivity contribution < 1.29 is 33.0 Å². The van der Waals surface area contributed by atoms with Crippen LogP contribution in [0, 0.1) is 6.92 Å². The Morgan fingerprint density at radius 2 is 1.91 bits per heavy atom. The Morgan fingerprint density at radius 1 is 1.14 bits per heavy atom. The number of rotatable bonds is 7. The number of carboxylic acid groups (broad SMARTS) is 1. The van der Waals surface area contributed by atoms with Gasteiger partial charge in [-0.1, -0.05) is 36.4 Å². The number of anilines is 1. The van der Waals surface area contributed by atoms with Crippen molar-refractivity contribution >= 4 is 34.8 Å². The zero-order valence-electron chi connectivity index (χ0n) is 22.9. The summed E-state index contributed by atoms with van der Waals surface area (Å²) in [5, 5.41) is 15.8. The Bertz CT molecular complexity index is 1740. The predicted molar refractivity (Wildman–Crippen MR) is 156 cm³/mol. The number of halogens is 2. The molecule has 1 fully saturated rings. The van der Waals surface area contributed by atoms with E-state index in [4.69, 9.17) is 4.74 Å². The molecule has 0 radical (unpaired) electrons. The number of ether oxygens (including phenoxy) is 1. The van der Waals surface area contributed by atoms with Gasteiger partial charge in [0.1, 0.15) is 16.8 Å². The molecule has 2 aliphatic rings. The Balaban J connectivity index is 1.09. The van der Waals surface area contributed by atoms with Crippen molar-refractivity contribution in [2.24, 2.45) is 0 Å². The molecule has 4 aromatic rings. The number of aliphatic carboxylic acids is 1. The molecular weight excluding hydrogens is 578 g/mol. The molecule has 0 bridgehead atoms. The van der Waals surface area contributed by atoms with Gasteiger partial charge >= 0.3 is 5.97 Å². The van der Waals surface area contributed by atoms with Crippen LogP contribution >= 0.6 is 11.3 Å². The summed E-state index contributed by atoms with van der Waals surface area (Å²) in [4.78, 5) is 43.8. The van der Waals surface area contributed by atoms with Gasteiger partial charge < -0.3 is 20.5 Å². The Morgan fingerprint density at radius 3 is 2.67 bits per heavy atom. The largest absolute Gasteiger partial charge is 0.480 e. The monoisotopic (exact) mass is 604 g/mol. The first-order valence-electron chi connectivity index (χ1n) is 13.5. The number of aromatic nitrogens is 1. The molecule has 0 spiro atoms. The van der Waals surface area contributed by atoms with Gasteiger partial charge in [0.05, 0.1) is 24.3 Å². The molecule has 1 saturated heterocycles. The Kier molecular flexibility index (Phi) is 7.40. The molecule has 220 valence electrons. The molecule has 0 saturated carbocycles. The highest BCUT2D eigenvalue weighted by atomic mass is 32.1. The number of para-hydroxylation sites is 1. The zero-order chi connectivity index (χ0) is 30.3. The van der Waals surface area contributed by atoms with Crippen molar-refractivity contribution in [3.05, 3.63) is 94.0 Å². The van der Waals surface area contributed by atoms with Gasteiger partial charge in [-0.2, -0.15) is 0 Å². The third-order valence-electron chi connectivity index (χ3n) is 7.48. The summed E-state index contributed by atoms with van der Waals surface area (Å²) in [6, 6.07) is 16.2. The van der Waals surface area contributed by atoms with Crippen LogP contribution < -0.4 is 15.4 Å². The van der Waals surface area contributed by atoms with Crippen molar-refractivity contribution in [2.45, 2.75) is 38.4 Å². The van der Waals surface area contributed by atoms with E-state index in [2.05, 4.69) is 15.6 Å². The van der Waals surface area contributed by atoms with Gasteiger partial charge in [0.25, 0.3) is 17.7 Å². The molecule has 1 atom stereocenters. The molecule has 6 rings (SSSR count). The topological polar surface area (TPSA) is 121 Å². The van der Waals surface area contributed by atoms with Gasteiger partial charge in [-0.25, -0.2) is 13.8 Å². The normalized spacial score (nSPS) is 17.3. The van der Waals surface area contributed by atoms with Crippen molar-refractivity contribution in [1.82, 2.24) is 15.2 Å². The second-order valence-electron chi connectivity index (χ2n) is 10.5. The molecule has 0 aliphatic carbocycles. The van der Waals surface area contributed by atoms with Crippen LogP contribution in [0.4, 0.5) is 14.5 Å². The van der Waals surface area contributed by atoms with Crippen LogP contribution in [-0.4, -0.2) is 51.3 Å². The fraction of sp³-hybridized carbons (Fsp3) is 0.226. The minimum atomic E-state index is -3.02. The molecule has 2 amide bonds. The summed E-state index contributed by atoms with van der Waals surface area (Å²) in [6.45, 7) is 1.50. The van der Waals surface area contributed by atoms with Gasteiger partial charge in [0, 0.05) is 35.2 Å². The number of hydrogen-bond acceptors (Lipinski definition) is 7. The standard InChI is InChI=1S/C31H26F2N4O5S/c1-17-21(10-11-25-26(17)36-28(39)22-4-2-3-5-24(22)42-25)27(38)34-13-20-14-35-29(43-20)19-8-6-18(7-9-19)15-37-16-31(32,33)12-23(37)30(40)41/h2-11,14,23H,12-13,15-16H2,1H3,(H,34,38)(H,36,39)(H,40,41)/t23-/m0/s1. The van der Waals surface area contributed by atoms with Crippen molar-refractivity contribution in [3.8, 4) is 22.1 Å². The maximum absolute atomic E-state index is 13.8. The summed E-state index contributed by atoms with van der Waals surface area (Å²) >= 11 is 1.40. The highest BCUT2D eigenvalue weighted by Gasteiger charge is 2.48. The molecule has 2 aliphatic heterocycles. The van der Waals surface area contributed by atoms with Crippen molar-refractivity contribution in [2.75, 3.05) is 11.9 Å². The number of nitrogens with zero attached hydrogens (tertiary/aromatic N) is 2. The van der Waals surface area contributed by atoms with Crippen LogP contribution in [0.15, 0.2) is 66.9 Å². The van der Waals surface area contributed by atoms with Crippen LogP contribution in [-0.2, 0) is 17.9 Å². The number of carbonyl (C=O) groups excluding carboxylic acids is 2. The molecule has 0 unspecified atom stereocenters. The molecule has 3 aromatic carbocycles. The smallest absolute Gasteiger partial charge is 0.321 e. The van der Waals surface area contributed by atoms with Crippen molar-refractivity contribution in [3.63, 3.8) is 0 Å². The number of hydrogen-bond donors (Lipinski definition) is 3. The summed E-state index contributed by atoms with van der Waals surface area (Å²) < 4.78 is 33.6. The fourth-order valence-corrected chi connectivity index (χ4v) is 6.14. The number of amides is 2. The van der Waals surface area contributed by atoms with Crippen LogP contribution in [0.3, 0.4) is 0 Å². The van der Waals surface area contributed by atoms with E-state index in [9.17, 15) is 28.3 Å². The van der Waals surface area contributed by atoms with Gasteiger partial charge in [0.2, 0.25) is 0 Å². The molecule has 9 nitrogen and oxygen atoms in total. The number of carbonyl (C=O) groups is 3. The summed E-state index contributed by atoms with van der Waals surface area (Å²) in [5.74, 6) is -4.02. The van der Waals surface area contributed by atoms with E-state index < -0.39 is 30.9 Å². The van der Waals surface area contributed by atoms with Crippen LogP contribution in [0.25, 0.3) is 10.6 Å². The quantitative estimate of drug-likeness (QED) is 0.248. The van der Waals surface area contributed by atoms with E-state index >= 15 is 0 Å². The van der Waals surface area contributed by atoms with E-state index in [1.165, 1.54) is 16.2 Å². The highest BCUT2D eigenvalue weighted by Crippen LogP contribution is 2.39. The van der Waals surface area contributed by atoms with Crippen LogP contribution in [0.1, 0.15) is 43.1 Å². The lowest BCUT2D eigenvalue weighted by Gasteiger charge is -2.20. The number of thiazole rings is 1. The van der Waals surface area contributed by atoms with E-state index in [-0.39, 0.29) is 24.9 Å². The van der Waals surface area contributed by atoms with Crippen LogP contribution in [0.5, 0.6) is 11.5 Å². The second kappa shape index (κ2) is 11.2. The van der Waals surface area contributed by atoms with Gasteiger partial charge in [-0.05, 0) is 42.3 Å². The number of benzene rings is 3. The number of fused-ring (bicyclic) bond motifs is 2. The summed E-state index contributed by atoms with van der Waals surface area (Å²) in [5.41, 5.74) is 3.35. The summed E-state index contributed by atoms with van der Waals surface area (Å²) in [6.07, 6.45) is 0.984. The first-order valence-corrected chi connectivity index (χ1v) is 14.3. The molecule has 3 N–H and O–H groups in total. The minimum absolute atomic E-state index is 0.104. The number of nitrogens with one attached hydrogen (secondary N) is 2. The van der Waals surface area contributed by atoms with E-state index in [0.29, 0.717) is 38.9 Å². The number of carboxylic acids is 1. The highest BCUT2D eigenvalue weighted by molar-refractivity contribution is 7.15. The lowest BCUT2D eigenvalue weighted by atomic mass is 10.0. The lowest BCUT2D eigenvalue weighted by Crippen LogP contribution is -2.35. The average Bonchev–Trinajstić information content (AvgIpc) is 3.53. The fourth-order valence-electron chi connectivity index (χ4n) is 5.28. The average molecular weight is 605 g/mol. The van der Waals surface area contributed by atoms with Gasteiger partial charge in [0.15, 0.2) is 5.75 Å². The number of likely N-dealkylation sites (tertiary alicyclic amines) is 1. The second-order valence-corrected chi connectivity index (χ2v) is 11.6. The van der Waals surface area contributed by atoms with Gasteiger partial charge in [-0.15, -0.1) is 11.3 Å². The maximum atomic E-state index is 13.8. The minimum Gasteiger partial charge on any atom is -0.480 e. The third kappa shape index (κ3) is 5.84. The lowest BCUT2D eigenvalue weighted by molar-refractivity contribution is -0.142. The van der Waals surface area contributed by atoms with E-state index in [1.54, 1.807) is 61.7 Å². The Hall–Kier alpha value is -4.68. The maximum Gasteiger partial charge on any atom is 0.321 e. The predicted octanol–water partition coefficient (Wildman–Crippen LogP) is 5.70. The third-order valence-corrected chi connectivity index (χ3v) is 8.52. The molecule has 43 heavy (non-hydrogen) atoms.